The first-order valence-electron chi connectivity index (χ1n) is 11.8. The molecule has 3 aliphatic rings. The first kappa shape index (κ1) is 21.5. The van der Waals surface area contributed by atoms with Gasteiger partial charge < -0.3 is 20.7 Å². The zero-order valence-electron chi connectivity index (χ0n) is 18.6. The molecule has 7 heteroatoms. The molecule has 172 valence electrons. The van der Waals surface area contributed by atoms with Crippen LogP contribution in [0.25, 0.3) is 11.1 Å². The normalized spacial score (nSPS) is 20.7. The van der Waals surface area contributed by atoms with Crippen molar-refractivity contribution in [1.82, 2.24) is 16.0 Å². The molecule has 2 fully saturated rings. The lowest BCUT2D eigenvalue weighted by Gasteiger charge is -2.37. The maximum atomic E-state index is 12.5. The number of carbonyl (C=O) groups is 3. The molecule has 0 radical (unpaired) electrons. The lowest BCUT2D eigenvalue weighted by atomic mass is 9.91. The van der Waals surface area contributed by atoms with Crippen LogP contribution in [0.4, 0.5) is 4.79 Å². The van der Waals surface area contributed by atoms with Gasteiger partial charge in [0, 0.05) is 12.5 Å². The van der Waals surface area contributed by atoms with Crippen LogP contribution in [-0.4, -0.2) is 42.6 Å². The molecule has 7 nitrogen and oxygen atoms in total. The summed E-state index contributed by atoms with van der Waals surface area (Å²) in [4.78, 5) is 37.2. The second-order valence-corrected chi connectivity index (χ2v) is 9.20. The maximum absolute atomic E-state index is 12.5. The lowest BCUT2D eigenvalue weighted by molar-refractivity contribution is -0.141. The highest BCUT2D eigenvalue weighted by Gasteiger charge is 2.47. The summed E-state index contributed by atoms with van der Waals surface area (Å²) in [5.41, 5.74) is 4.02. The van der Waals surface area contributed by atoms with Gasteiger partial charge in [-0.05, 0) is 47.9 Å². The first-order chi connectivity index (χ1) is 16.1. The standard InChI is InChI=1S/C26H29N3O4/c30-23-22(28-24(31)26(29-23)13-5-6-14-26)12-7-15-27-25(32)33-16-21-19-10-3-1-8-17(19)18-9-2-4-11-20(18)21/h1-4,8-11,21-22H,5-7,12-16H2,(H,27,32)(H,28,31)(H,29,30)/t22-/m0/s1. The molecule has 33 heavy (non-hydrogen) atoms. The Labute approximate surface area is 193 Å². The first-order valence-corrected chi connectivity index (χ1v) is 11.8. The number of ether oxygens (including phenoxy) is 1. The Kier molecular flexibility index (Phi) is 5.79. The number of amides is 3. The molecule has 1 spiro atoms. The van der Waals surface area contributed by atoms with Gasteiger partial charge >= 0.3 is 6.09 Å². The van der Waals surface area contributed by atoms with Crippen LogP contribution in [0.15, 0.2) is 48.5 Å². The number of nitrogens with one attached hydrogen (secondary N) is 3. The predicted molar refractivity (Wildman–Crippen MR) is 124 cm³/mol. The largest absolute Gasteiger partial charge is 0.449 e. The molecule has 1 heterocycles. The van der Waals surface area contributed by atoms with Crippen molar-refractivity contribution in [2.75, 3.05) is 13.2 Å². The van der Waals surface area contributed by atoms with Gasteiger partial charge in [-0.15, -0.1) is 0 Å². The second-order valence-electron chi connectivity index (χ2n) is 9.20. The summed E-state index contributed by atoms with van der Waals surface area (Å²) >= 11 is 0. The van der Waals surface area contributed by atoms with Crippen molar-refractivity contribution >= 4 is 17.9 Å². The highest BCUT2D eigenvalue weighted by molar-refractivity contribution is 6.00. The molecule has 0 unspecified atom stereocenters. The second kappa shape index (κ2) is 8.89. The third-order valence-corrected chi connectivity index (χ3v) is 7.16. The number of benzene rings is 2. The van der Waals surface area contributed by atoms with Crippen molar-refractivity contribution in [2.45, 2.75) is 56.0 Å². The monoisotopic (exact) mass is 447 g/mol. The van der Waals surface area contributed by atoms with Crippen LogP contribution in [0.1, 0.15) is 55.6 Å². The Balaban J connectivity index is 1.08. The average molecular weight is 448 g/mol. The Morgan fingerprint density at radius 1 is 1.00 bits per heavy atom. The van der Waals surface area contributed by atoms with Crippen LogP contribution >= 0.6 is 0 Å². The van der Waals surface area contributed by atoms with E-state index in [-0.39, 0.29) is 24.3 Å². The summed E-state index contributed by atoms with van der Waals surface area (Å²) in [6.07, 6.45) is 3.90. The number of rotatable bonds is 6. The summed E-state index contributed by atoms with van der Waals surface area (Å²) in [5, 5.41) is 8.58. The van der Waals surface area contributed by atoms with Crippen LogP contribution in [-0.2, 0) is 14.3 Å². The maximum Gasteiger partial charge on any atom is 0.407 e. The molecule has 1 aliphatic heterocycles. The van der Waals surface area contributed by atoms with E-state index in [0.29, 0.717) is 32.2 Å². The zero-order valence-corrected chi connectivity index (χ0v) is 18.6. The van der Waals surface area contributed by atoms with Crippen LogP contribution in [0.5, 0.6) is 0 Å². The van der Waals surface area contributed by atoms with Crippen LogP contribution in [0.3, 0.4) is 0 Å². The van der Waals surface area contributed by atoms with Gasteiger partial charge in [0.2, 0.25) is 11.8 Å². The lowest BCUT2D eigenvalue weighted by Crippen LogP contribution is -2.68. The summed E-state index contributed by atoms with van der Waals surface area (Å²) in [5.74, 6) is -0.182. The minimum atomic E-state index is -0.701. The molecular formula is C26H29N3O4. The number of hydrogen-bond donors (Lipinski definition) is 3. The summed E-state index contributed by atoms with van der Waals surface area (Å²) in [6, 6.07) is 15.9. The number of alkyl carbamates (subject to hydrolysis) is 1. The molecule has 5 rings (SSSR count). The summed E-state index contributed by atoms with van der Waals surface area (Å²) in [6.45, 7) is 0.643. The molecule has 3 amide bonds. The molecular weight excluding hydrogens is 418 g/mol. The van der Waals surface area contributed by atoms with Crippen molar-refractivity contribution < 1.29 is 19.1 Å². The van der Waals surface area contributed by atoms with Gasteiger partial charge in [-0.3, -0.25) is 9.59 Å². The van der Waals surface area contributed by atoms with Crippen molar-refractivity contribution in [2.24, 2.45) is 0 Å². The highest BCUT2D eigenvalue weighted by Crippen LogP contribution is 2.44. The van der Waals surface area contributed by atoms with Gasteiger partial charge in [-0.25, -0.2) is 4.79 Å². The van der Waals surface area contributed by atoms with E-state index in [4.69, 9.17) is 4.74 Å². The van der Waals surface area contributed by atoms with Crippen LogP contribution in [0.2, 0.25) is 0 Å². The Hall–Kier alpha value is -3.35. The summed E-state index contributed by atoms with van der Waals surface area (Å²) < 4.78 is 5.53. The fraction of sp³-hybridized carbons (Fsp3) is 0.423. The van der Waals surface area contributed by atoms with E-state index in [1.54, 1.807) is 0 Å². The molecule has 0 bridgehead atoms. The van der Waals surface area contributed by atoms with E-state index in [0.717, 1.165) is 12.8 Å². The quantitative estimate of drug-likeness (QED) is 0.593. The van der Waals surface area contributed by atoms with Crippen molar-refractivity contribution in [3.05, 3.63) is 59.7 Å². The minimum Gasteiger partial charge on any atom is -0.449 e. The van der Waals surface area contributed by atoms with E-state index in [1.165, 1.54) is 22.3 Å². The van der Waals surface area contributed by atoms with Gasteiger partial charge in [0.25, 0.3) is 0 Å². The molecule has 1 saturated heterocycles. The fourth-order valence-corrected chi connectivity index (χ4v) is 5.42. The van der Waals surface area contributed by atoms with Crippen molar-refractivity contribution in [3.8, 4) is 11.1 Å². The number of carbonyl (C=O) groups excluding carboxylic acids is 3. The third-order valence-electron chi connectivity index (χ3n) is 7.16. The van der Waals surface area contributed by atoms with Crippen molar-refractivity contribution in [3.63, 3.8) is 0 Å². The SMILES string of the molecule is O=C(NCCC[C@@H]1NC(=O)C2(CCCC2)NC1=O)OCC1c2ccccc2-c2ccccc21. The third kappa shape index (κ3) is 4.08. The van der Waals surface area contributed by atoms with Crippen molar-refractivity contribution in [1.29, 1.82) is 0 Å². The molecule has 1 atom stereocenters. The van der Waals surface area contributed by atoms with Gasteiger partial charge in [0.1, 0.15) is 18.2 Å². The molecule has 3 N–H and O–H groups in total. The van der Waals surface area contributed by atoms with Gasteiger partial charge in [-0.2, -0.15) is 0 Å². The fourth-order valence-electron chi connectivity index (χ4n) is 5.42. The highest BCUT2D eigenvalue weighted by atomic mass is 16.5. The topological polar surface area (TPSA) is 96.5 Å². The number of hydrogen-bond acceptors (Lipinski definition) is 4. The van der Waals surface area contributed by atoms with E-state index < -0.39 is 17.7 Å². The predicted octanol–water partition coefficient (Wildman–Crippen LogP) is 3.23. The number of fused-ring (bicyclic) bond motifs is 3. The molecule has 0 aromatic heterocycles. The Morgan fingerprint density at radius 3 is 2.30 bits per heavy atom. The zero-order chi connectivity index (χ0) is 22.8. The minimum absolute atomic E-state index is 0.0206. The molecule has 2 aliphatic carbocycles. The van der Waals surface area contributed by atoms with E-state index >= 15 is 0 Å². The number of piperazine rings is 1. The van der Waals surface area contributed by atoms with Crippen LogP contribution < -0.4 is 16.0 Å². The Morgan fingerprint density at radius 2 is 1.64 bits per heavy atom. The van der Waals surface area contributed by atoms with E-state index in [9.17, 15) is 14.4 Å². The molecule has 2 aromatic carbocycles. The van der Waals surface area contributed by atoms with Crippen LogP contribution in [0, 0.1) is 0 Å². The van der Waals surface area contributed by atoms with Gasteiger partial charge in [0.05, 0.1) is 0 Å². The smallest absolute Gasteiger partial charge is 0.407 e. The van der Waals surface area contributed by atoms with Gasteiger partial charge in [0.15, 0.2) is 0 Å². The summed E-state index contributed by atoms with van der Waals surface area (Å²) in [7, 11) is 0. The van der Waals surface area contributed by atoms with E-state index in [2.05, 4.69) is 40.2 Å². The molecule has 1 saturated carbocycles. The Bertz CT molecular complexity index is 1030. The van der Waals surface area contributed by atoms with E-state index in [1.807, 2.05) is 24.3 Å². The molecule has 2 aromatic rings. The average Bonchev–Trinajstić information content (AvgIpc) is 3.42. The van der Waals surface area contributed by atoms with Gasteiger partial charge in [-0.1, -0.05) is 61.4 Å².